The van der Waals surface area contributed by atoms with E-state index in [-0.39, 0.29) is 0 Å². The smallest absolute Gasteiger partial charge is 0.145 e. The summed E-state index contributed by atoms with van der Waals surface area (Å²) in [4.78, 5) is 3.25. The fourth-order valence-corrected chi connectivity index (χ4v) is 2.31. The van der Waals surface area contributed by atoms with Crippen molar-refractivity contribution in [2.45, 2.75) is 6.92 Å². The van der Waals surface area contributed by atoms with Gasteiger partial charge in [-0.3, -0.25) is 5.10 Å². The van der Waals surface area contributed by atoms with Crippen molar-refractivity contribution in [2.24, 2.45) is 0 Å². The van der Waals surface area contributed by atoms with Gasteiger partial charge in [0.15, 0.2) is 0 Å². The zero-order valence-electron chi connectivity index (χ0n) is 9.21. The van der Waals surface area contributed by atoms with Gasteiger partial charge in [-0.05, 0) is 25.1 Å². The molecule has 0 bridgehead atoms. The van der Waals surface area contributed by atoms with Crippen LogP contribution in [0.2, 0.25) is 5.02 Å². The largest absolute Gasteiger partial charge is 0.382 e. The van der Waals surface area contributed by atoms with Crippen molar-refractivity contribution in [3.8, 4) is 11.3 Å². The SMILES string of the molecule is Cc1cc2c(Cl)c(-c3cc(N)n[nH]3)ccc2[nH]1. The van der Waals surface area contributed by atoms with Crippen LogP contribution in [0, 0.1) is 6.92 Å². The first-order valence-corrected chi connectivity index (χ1v) is 5.62. The number of nitrogens with two attached hydrogens (primary N) is 1. The van der Waals surface area contributed by atoms with Crippen LogP contribution < -0.4 is 5.73 Å². The lowest BCUT2D eigenvalue weighted by Crippen LogP contribution is -1.81. The van der Waals surface area contributed by atoms with Crippen LogP contribution >= 0.6 is 11.6 Å². The first kappa shape index (κ1) is 10.2. The van der Waals surface area contributed by atoms with Gasteiger partial charge in [-0.1, -0.05) is 11.6 Å². The Kier molecular flexibility index (Phi) is 2.12. The van der Waals surface area contributed by atoms with E-state index in [0.29, 0.717) is 10.8 Å². The summed E-state index contributed by atoms with van der Waals surface area (Å²) < 4.78 is 0. The molecule has 0 fully saturated rings. The molecular weight excluding hydrogens is 236 g/mol. The number of nitrogen functional groups attached to an aromatic ring is 1. The van der Waals surface area contributed by atoms with Crippen molar-refractivity contribution in [3.05, 3.63) is 35.0 Å². The summed E-state index contributed by atoms with van der Waals surface area (Å²) >= 11 is 6.39. The van der Waals surface area contributed by atoms with E-state index in [1.165, 1.54) is 0 Å². The minimum atomic E-state index is 0.460. The maximum atomic E-state index is 6.39. The molecule has 2 aromatic heterocycles. The van der Waals surface area contributed by atoms with E-state index >= 15 is 0 Å². The number of aryl methyl sites for hydroxylation is 1. The monoisotopic (exact) mass is 246 g/mol. The molecule has 0 saturated carbocycles. The van der Waals surface area contributed by atoms with Crippen LogP contribution in [0.15, 0.2) is 24.3 Å². The third-order valence-electron chi connectivity index (χ3n) is 2.76. The number of benzene rings is 1. The molecule has 0 saturated heterocycles. The van der Waals surface area contributed by atoms with Gasteiger partial charge in [0.25, 0.3) is 0 Å². The standard InChI is InChI=1S/C12H11ClN4/c1-6-4-8-9(15-6)3-2-7(12(8)13)10-5-11(14)17-16-10/h2-5,15H,1H3,(H3,14,16,17). The number of H-pyrrole nitrogens is 2. The predicted molar refractivity (Wildman–Crippen MR) is 70.0 cm³/mol. The molecule has 0 amide bonds. The van der Waals surface area contributed by atoms with Crippen LogP contribution in [0.1, 0.15) is 5.69 Å². The van der Waals surface area contributed by atoms with Crippen LogP contribution in [-0.2, 0) is 0 Å². The molecule has 5 heteroatoms. The summed E-state index contributed by atoms with van der Waals surface area (Å²) in [6, 6.07) is 7.75. The molecule has 0 aliphatic rings. The topological polar surface area (TPSA) is 70.5 Å². The number of aromatic amines is 2. The van der Waals surface area contributed by atoms with E-state index in [0.717, 1.165) is 27.9 Å². The number of anilines is 1. The Bertz CT molecular complexity index is 696. The van der Waals surface area contributed by atoms with Crippen LogP contribution in [0.5, 0.6) is 0 Å². The van der Waals surface area contributed by atoms with Crippen LogP contribution in [-0.4, -0.2) is 15.2 Å². The highest BCUT2D eigenvalue weighted by atomic mass is 35.5. The summed E-state index contributed by atoms with van der Waals surface area (Å²) in [6.45, 7) is 2.00. The molecule has 4 N–H and O–H groups in total. The van der Waals surface area contributed by atoms with E-state index in [1.54, 1.807) is 6.07 Å². The van der Waals surface area contributed by atoms with Gasteiger partial charge in [0.2, 0.25) is 0 Å². The molecule has 86 valence electrons. The van der Waals surface area contributed by atoms with Gasteiger partial charge >= 0.3 is 0 Å². The minimum Gasteiger partial charge on any atom is -0.382 e. The Morgan fingerprint density at radius 1 is 1.29 bits per heavy atom. The predicted octanol–water partition coefficient (Wildman–Crippen LogP) is 3.10. The van der Waals surface area contributed by atoms with Crippen LogP contribution in [0.3, 0.4) is 0 Å². The first-order valence-electron chi connectivity index (χ1n) is 5.24. The summed E-state index contributed by atoms with van der Waals surface area (Å²) in [5.74, 6) is 0.460. The van der Waals surface area contributed by atoms with Crippen molar-refractivity contribution in [1.82, 2.24) is 15.2 Å². The molecule has 0 radical (unpaired) electrons. The van der Waals surface area contributed by atoms with Crippen molar-refractivity contribution in [2.75, 3.05) is 5.73 Å². The molecule has 1 aromatic carbocycles. The Hall–Kier alpha value is -1.94. The highest BCUT2D eigenvalue weighted by Gasteiger charge is 2.11. The Morgan fingerprint density at radius 2 is 2.12 bits per heavy atom. The highest BCUT2D eigenvalue weighted by Crippen LogP contribution is 2.34. The number of nitrogens with zero attached hydrogens (tertiary/aromatic N) is 1. The Balaban J connectivity index is 2.27. The number of hydrogen-bond acceptors (Lipinski definition) is 2. The summed E-state index contributed by atoms with van der Waals surface area (Å²) in [6.07, 6.45) is 0. The van der Waals surface area contributed by atoms with Gasteiger partial charge in [-0.25, -0.2) is 0 Å². The molecular formula is C12H11ClN4. The van der Waals surface area contributed by atoms with Gasteiger partial charge in [0.05, 0.1) is 10.7 Å². The van der Waals surface area contributed by atoms with Gasteiger partial charge < -0.3 is 10.7 Å². The minimum absolute atomic E-state index is 0.460. The average molecular weight is 247 g/mol. The van der Waals surface area contributed by atoms with Gasteiger partial charge in [0.1, 0.15) is 5.82 Å². The number of nitrogens with one attached hydrogen (secondary N) is 2. The second-order valence-corrected chi connectivity index (χ2v) is 4.43. The second kappa shape index (κ2) is 3.53. The lowest BCUT2D eigenvalue weighted by atomic mass is 10.1. The van der Waals surface area contributed by atoms with E-state index in [2.05, 4.69) is 15.2 Å². The summed E-state index contributed by atoms with van der Waals surface area (Å²) in [5.41, 5.74) is 9.44. The fourth-order valence-electron chi connectivity index (χ4n) is 1.99. The lowest BCUT2D eigenvalue weighted by Gasteiger charge is -2.02. The second-order valence-electron chi connectivity index (χ2n) is 4.05. The molecule has 0 spiro atoms. The lowest BCUT2D eigenvalue weighted by molar-refractivity contribution is 1.10. The number of rotatable bonds is 1. The number of fused-ring (bicyclic) bond motifs is 1. The van der Waals surface area contributed by atoms with Gasteiger partial charge in [0, 0.05) is 28.2 Å². The molecule has 3 aromatic rings. The molecule has 17 heavy (non-hydrogen) atoms. The van der Waals surface area contributed by atoms with E-state index in [4.69, 9.17) is 17.3 Å². The van der Waals surface area contributed by atoms with Crippen molar-refractivity contribution < 1.29 is 0 Å². The van der Waals surface area contributed by atoms with Gasteiger partial charge in [-0.2, -0.15) is 5.10 Å². The maximum Gasteiger partial charge on any atom is 0.145 e. The van der Waals surface area contributed by atoms with E-state index in [1.807, 2.05) is 25.1 Å². The molecule has 2 heterocycles. The number of hydrogen-bond donors (Lipinski definition) is 3. The molecule has 3 rings (SSSR count). The molecule has 0 atom stereocenters. The van der Waals surface area contributed by atoms with Crippen molar-refractivity contribution >= 4 is 28.3 Å². The highest BCUT2D eigenvalue weighted by molar-refractivity contribution is 6.38. The van der Waals surface area contributed by atoms with Crippen molar-refractivity contribution in [1.29, 1.82) is 0 Å². The fraction of sp³-hybridized carbons (Fsp3) is 0.0833. The van der Waals surface area contributed by atoms with Crippen molar-refractivity contribution in [3.63, 3.8) is 0 Å². The molecule has 0 aliphatic carbocycles. The van der Waals surface area contributed by atoms with Crippen LogP contribution in [0.25, 0.3) is 22.2 Å². The number of halogens is 1. The third kappa shape index (κ3) is 1.57. The summed E-state index contributed by atoms with van der Waals surface area (Å²) in [7, 11) is 0. The quantitative estimate of drug-likeness (QED) is 0.617. The third-order valence-corrected chi connectivity index (χ3v) is 3.17. The van der Waals surface area contributed by atoms with Gasteiger partial charge in [-0.15, -0.1) is 0 Å². The molecule has 0 unspecified atom stereocenters. The van der Waals surface area contributed by atoms with Crippen LogP contribution in [0.4, 0.5) is 5.82 Å². The summed E-state index contributed by atoms with van der Waals surface area (Å²) in [5, 5.41) is 8.48. The zero-order valence-corrected chi connectivity index (χ0v) is 9.97. The first-order chi connectivity index (χ1) is 8.15. The molecule has 0 aliphatic heterocycles. The molecule has 4 nitrogen and oxygen atoms in total. The Labute approximate surface area is 103 Å². The Morgan fingerprint density at radius 3 is 2.82 bits per heavy atom. The van der Waals surface area contributed by atoms with E-state index in [9.17, 15) is 0 Å². The zero-order chi connectivity index (χ0) is 12.0. The average Bonchev–Trinajstić information content (AvgIpc) is 2.85. The maximum absolute atomic E-state index is 6.39. The van der Waals surface area contributed by atoms with E-state index < -0.39 is 0 Å². The number of aromatic nitrogens is 3. The normalized spacial score (nSPS) is 11.2.